The lowest BCUT2D eigenvalue weighted by Crippen LogP contribution is -2.24. The van der Waals surface area contributed by atoms with Gasteiger partial charge in [0.2, 0.25) is 47.3 Å². The van der Waals surface area contributed by atoms with Crippen LogP contribution < -0.4 is 63.8 Å². The normalized spacial score (nSPS) is 10.2. The maximum absolute atomic E-state index is 13.2. The van der Waals surface area contributed by atoms with Gasteiger partial charge in [0.25, 0.3) is 23.6 Å². The number of hydrogen-bond donors (Lipinski definition) is 12. The summed E-state index contributed by atoms with van der Waals surface area (Å²) in [7, 11) is 0. The highest BCUT2D eigenvalue weighted by Gasteiger charge is 2.16. The highest BCUT2D eigenvalue weighted by atomic mass is 35.5. The van der Waals surface area contributed by atoms with Crippen LogP contribution in [-0.4, -0.2) is 70.9 Å². The zero-order chi connectivity index (χ0) is 106. The van der Waals surface area contributed by atoms with Crippen molar-refractivity contribution in [3.8, 4) is 0 Å². The monoisotopic (exact) mass is 2040 g/mol. The van der Waals surface area contributed by atoms with Crippen molar-refractivity contribution in [3.63, 3.8) is 0 Å². The lowest BCUT2D eigenvalue weighted by Gasteiger charge is -2.08. The number of carbonyl (C=O) groups excluding carboxylic acids is 12. The van der Waals surface area contributed by atoms with Crippen LogP contribution in [0.4, 0.5) is 38.5 Å². The molecule has 0 atom stereocenters. The second-order valence-electron chi connectivity index (χ2n) is 34.1. The van der Waals surface area contributed by atoms with Crippen molar-refractivity contribution in [1.82, 2.24) is 31.9 Å². The largest absolute Gasteiger partial charge is 0.352 e. The molecule has 0 aromatic heterocycles. The van der Waals surface area contributed by atoms with Crippen LogP contribution in [0, 0.1) is 5.82 Å². The summed E-state index contributed by atoms with van der Waals surface area (Å²) in [5, 5.41) is 35.1. The maximum atomic E-state index is 13.2. The molecule has 0 saturated carbocycles. The van der Waals surface area contributed by atoms with E-state index in [0.29, 0.717) is 114 Å². The van der Waals surface area contributed by atoms with Crippen LogP contribution in [-0.2, 0) is 116 Å². The van der Waals surface area contributed by atoms with Crippen molar-refractivity contribution >= 4 is 128 Å². The van der Waals surface area contributed by atoms with E-state index >= 15 is 0 Å². The third-order valence-corrected chi connectivity index (χ3v) is 22.7. The van der Waals surface area contributed by atoms with Gasteiger partial charge in [0.15, 0.2) is 0 Å². The van der Waals surface area contributed by atoms with E-state index in [4.69, 9.17) is 23.2 Å². The number of rotatable bonds is 35. The summed E-state index contributed by atoms with van der Waals surface area (Å²) in [6, 6.07) is 130. The molecule has 0 fully saturated rings. The summed E-state index contributed by atoms with van der Waals surface area (Å²) in [6.07, 6.45) is 2.24. The smallest absolute Gasteiger partial charge is 0.255 e. The summed E-state index contributed by atoms with van der Waals surface area (Å²) < 4.78 is 13.2. The Morgan fingerprint density at radius 1 is 0.200 bits per heavy atom. The fourth-order valence-electron chi connectivity index (χ4n) is 14.2. The van der Waals surface area contributed by atoms with Crippen LogP contribution in [0.2, 0.25) is 10.0 Å². The Kier molecular flexibility index (Phi) is 46.1. The van der Waals surface area contributed by atoms with Gasteiger partial charge < -0.3 is 63.8 Å². The lowest BCUT2D eigenvalue weighted by molar-refractivity contribution is -0.121. The molecule has 12 amide bonds. The van der Waals surface area contributed by atoms with Crippen molar-refractivity contribution in [2.45, 2.75) is 98.1 Å². The minimum atomic E-state index is -0.459. The average molecular weight is 2040 g/mol. The molecule has 27 heteroatoms. The molecule has 0 aliphatic carbocycles. The van der Waals surface area contributed by atoms with Gasteiger partial charge in [-0.3, -0.25) is 57.5 Å². The Balaban J connectivity index is 0.000000171. The van der Waals surface area contributed by atoms with Crippen molar-refractivity contribution in [1.29, 1.82) is 0 Å². The van der Waals surface area contributed by atoms with E-state index in [2.05, 4.69) is 63.8 Å². The molecule has 0 spiro atoms. The topological polar surface area (TPSA) is 349 Å². The lowest BCUT2D eigenvalue weighted by atomic mass is 10.1. The molecule has 16 aromatic carbocycles. The molecule has 0 radical (unpaired) electrons. The number of carbonyl (C=O) groups is 12. The summed E-state index contributed by atoms with van der Waals surface area (Å²) in [6.45, 7) is 6.36. The quantitative estimate of drug-likeness (QED) is 0.0176. The number of benzene rings is 16. The van der Waals surface area contributed by atoms with Crippen molar-refractivity contribution in [2.75, 3.05) is 31.9 Å². The van der Waals surface area contributed by atoms with E-state index in [1.807, 2.05) is 273 Å². The Labute approximate surface area is 881 Å². The number of halogens is 3. The molecule has 150 heavy (non-hydrogen) atoms. The first kappa shape index (κ1) is 112. The van der Waals surface area contributed by atoms with E-state index in [-0.39, 0.29) is 95.7 Å². The molecule has 24 nitrogen and oxygen atoms in total. The third-order valence-electron chi connectivity index (χ3n) is 22.2. The molecule has 12 N–H and O–H groups in total. The first-order chi connectivity index (χ1) is 72.8. The Bertz CT molecular complexity index is 6870. The molecule has 0 aliphatic rings. The Hall–Kier alpha value is -18.3. The zero-order valence-corrected chi connectivity index (χ0v) is 84.2. The predicted octanol–water partition coefficient (Wildman–Crippen LogP) is 22.0. The SMILES string of the molecule is CC(=O)Nc1ccc(CC(=O)NCc2ccccc2)cc1.CCC(=O)Nc1ccc(CC(=O)NCc2ccccc2)cc1.O=C(Cc1ccc(NC(=O)c2ccc(Cl)cc2)cc1)NCc1ccccc1.O=C(Cc1ccc(NC(=O)c2cccc(Cl)c2)cc1)NCc1ccccc1.O=C(Cc1ccc(NC(=O)c2cccc(F)c2)cc1)NCc1ccccc1.O=C(Cc1ccc(NC(=O)c2ccccc2)cc1)NCc1ccccc1. The fourth-order valence-corrected chi connectivity index (χ4v) is 14.5. The van der Waals surface area contributed by atoms with Gasteiger partial charge in [-0.1, -0.05) is 315 Å². The Morgan fingerprint density at radius 2 is 0.413 bits per heavy atom. The van der Waals surface area contributed by atoms with Gasteiger partial charge in [-0.15, -0.1) is 0 Å². The van der Waals surface area contributed by atoms with Crippen LogP contribution in [0.5, 0.6) is 0 Å². The molecule has 0 saturated heterocycles. The molecule has 0 bridgehead atoms. The van der Waals surface area contributed by atoms with E-state index < -0.39 is 5.82 Å². The number of nitrogens with one attached hydrogen (secondary N) is 12. The standard InChI is InChI=1S/2C22H19ClN2O2.C22H19FN2O2.C22H20N2O2.C18H20N2O2.C17H18N2O2/c23-19-8-4-7-18(14-19)22(27)25-20-11-9-16(10-12-20)13-21(26)24-15-17-5-2-1-3-6-17;23-19-10-8-18(9-11-19)22(27)25-20-12-6-16(7-13-20)14-21(26)24-15-17-4-2-1-3-5-17;23-19-8-4-7-18(14-19)22(27)25-20-11-9-16(10-12-20)13-21(26)24-15-17-5-2-1-3-6-17;25-21(23-16-18-7-3-1-4-8-18)15-17-11-13-20(14-12-17)24-22(26)19-9-5-2-6-10-19;1-2-17(21)20-16-10-8-14(9-11-16)12-18(22)19-13-15-6-4-3-5-7-15;1-13(20)19-16-9-7-14(8-10-16)11-17(21)18-12-15-5-3-2-4-6-15/h1-12,14H,13,15H2,(H,24,26)(H,25,27);1-13H,14-15H2,(H,24,26)(H,25,27);1-12,14H,13,15H2,(H,24,26)(H,25,27);1-14H,15-16H2,(H,23,25)(H,24,26);3-11H,2,12-13H2,1H3,(H,19,22)(H,20,21);2-10H,11-12H2,1H3,(H,18,21)(H,19,20). The van der Waals surface area contributed by atoms with E-state index in [9.17, 15) is 61.9 Å². The summed E-state index contributed by atoms with van der Waals surface area (Å²) >= 11 is 11.7. The van der Waals surface area contributed by atoms with E-state index in [1.54, 1.807) is 146 Å². The van der Waals surface area contributed by atoms with Crippen molar-refractivity contribution in [2.24, 2.45) is 0 Å². The van der Waals surface area contributed by atoms with Gasteiger partial charge >= 0.3 is 0 Å². The summed E-state index contributed by atoms with van der Waals surface area (Å²) in [5.41, 5.74) is 17.7. The molecular weight excluding hydrogens is 1930 g/mol. The van der Waals surface area contributed by atoms with E-state index in [0.717, 1.165) is 78.1 Å². The molecule has 0 aliphatic heterocycles. The minimum Gasteiger partial charge on any atom is -0.352 e. The maximum Gasteiger partial charge on any atom is 0.255 e. The highest BCUT2D eigenvalue weighted by Crippen LogP contribution is 2.22. The number of hydrogen-bond acceptors (Lipinski definition) is 12. The van der Waals surface area contributed by atoms with Gasteiger partial charge in [0.1, 0.15) is 5.82 Å². The van der Waals surface area contributed by atoms with Gasteiger partial charge in [-0.25, -0.2) is 4.39 Å². The molecule has 760 valence electrons. The van der Waals surface area contributed by atoms with Crippen molar-refractivity contribution < 1.29 is 61.9 Å². The minimum absolute atomic E-state index is 0.0193. The van der Waals surface area contributed by atoms with Gasteiger partial charge in [-0.2, -0.15) is 0 Å². The summed E-state index contributed by atoms with van der Waals surface area (Å²) in [5.74, 6) is -1.80. The van der Waals surface area contributed by atoms with Gasteiger partial charge in [-0.05, 0) is 212 Å². The second kappa shape index (κ2) is 61.7. The molecule has 0 heterocycles. The van der Waals surface area contributed by atoms with Crippen molar-refractivity contribution in [3.05, 3.63) is 536 Å². The fraction of sp³-hybridized carbons (Fsp3) is 0.122. The highest BCUT2D eigenvalue weighted by molar-refractivity contribution is 6.31. The second-order valence-corrected chi connectivity index (χ2v) is 35.0. The molecule has 16 aromatic rings. The Morgan fingerprint density at radius 3 is 0.653 bits per heavy atom. The van der Waals surface area contributed by atoms with Gasteiger partial charge in [0.05, 0.1) is 38.5 Å². The van der Waals surface area contributed by atoms with Crippen LogP contribution in [0.1, 0.15) is 128 Å². The zero-order valence-electron chi connectivity index (χ0n) is 82.7. The molecule has 16 rings (SSSR count). The third kappa shape index (κ3) is 42.9. The molecule has 0 unspecified atom stereocenters. The predicted molar refractivity (Wildman–Crippen MR) is 591 cm³/mol. The number of anilines is 6. The van der Waals surface area contributed by atoms with E-state index in [1.165, 1.54) is 25.1 Å². The number of amides is 12. The van der Waals surface area contributed by atoms with Crippen LogP contribution in [0.25, 0.3) is 0 Å². The van der Waals surface area contributed by atoms with Crippen LogP contribution in [0.3, 0.4) is 0 Å². The summed E-state index contributed by atoms with van der Waals surface area (Å²) in [4.78, 5) is 143. The molecular formula is C123H115Cl2FN12O12. The van der Waals surface area contributed by atoms with Gasteiger partial charge in [0, 0.05) is 119 Å². The van der Waals surface area contributed by atoms with Crippen LogP contribution >= 0.6 is 23.2 Å². The first-order valence-corrected chi connectivity index (χ1v) is 49.1. The first-order valence-electron chi connectivity index (χ1n) is 48.3. The average Bonchev–Trinajstić information content (AvgIpc) is 0.867. The van der Waals surface area contributed by atoms with Crippen LogP contribution in [0.15, 0.2) is 431 Å².